The van der Waals surface area contributed by atoms with E-state index in [1.165, 1.54) is 0 Å². The Kier molecular flexibility index (Phi) is 8.75. The molecular formula is C16H27BrN2O3. The molecule has 0 saturated heterocycles. The second-order valence-electron chi connectivity index (χ2n) is 5.59. The van der Waals surface area contributed by atoms with Crippen LogP contribution in [0.3, 0.4) is 0 Å². The Labute approximate surface area is 141 Å². The van der Waals surface area contributed by atoms with E-state index in [0.29, 0.717) is 30.8 Å². The Balaban J connectivity index is 2.76. The number of rotatable bonds is 10. The molecule has 0 aliphatic carbocycles. The molecule has 126 valence electrons. The van der Waals surface area contributed by atoms with Gasteiger partial charge in [-0.3, -0.25) is 0 Å². The van der Waals surface area contributed by atoms with E-state index >= 15 is 0 Å². The summed E-state index contributed by atoms with van der Waals surface area (Å²) in [5, 5.41) is 0. The largest absolute Gasteiger partial charge is 0.488 e. The van der Waals surface area contributed by atoms with Crippen LogP contribution in [0.5, 0.6) is 11.6 Å². The average Bonchev–Trinajstić information content (AvgIpc) is 2.50. The quantitative estimate of drug-likeness (QED) is 0.503. The maximum atomic E-state index is 6.12. The fourth-order valence-electron chi connectivity index (χ4n) is 1.96. The SMILES string of the molecule is COCCCOc1cc(CC[C@H](N)C(C)C)c(Br)nc1OC. The monoisotopic (exact) mass is 374 g/mol. The van der Waals surface area contributed by atoms with E-state index in [2.05, 4.69) is 34.8 Å². The van der Waals surface area contributed by atoms with Crippen molar-refractivity contribution in [2.75, 3.05) is 27.4 Å². The van der Waals surface area contributed by atoms with Gasteiger partial charge in [-0.1, -0.05) is 13.8 Å². The van der Waals surface area contributed by atoms with Gasteiger partial charge in [0.2, 0.25) is 0 Å². The maximum absolute atomic E-state index is 6.12. The third-order valence-electron chi connectivity index (χ3n) is 3.53. The Morgan fingerprint density at radius 2 is 2.00 bits per heavy atom. The Morgan fingerprint density at radius 3 is 2.59 bits per heavy atom. The van der Waals surface area contributed by atoms with Gasteiger partial charge < -0.3 is 19.9 Å². The summed E-state index contributed by atoms with van der Waals surface area (Å²) in [6, 6.07) is 2.16. The number of halogens is 1. The molecule has 0 aliphatic heterocycles. The van der Waals surface area contributed by atoms with Crippen LogP contribution < -0.4 is 15.2 Å². The highest BCUT2D eigenvalue weighted by Gasteiger charge is 2.14. The lowest BCUT2D eigenvalue weighted by Crippen LogP contribution is -2.26. The lowest BCUT2D eigenvalue weighted by molar-refractivity contribution is 0.170. The zero-order chi connectivity index (χ0) is 16.5. The van der Waals surface area contributed by atoms with Crippen molar-refractivity contribution in [1.82, 2.24) is 4.98 Å². The average molecular weight is 375 g/mol. The molecule has 22 heavy (non-hydrogen) atoms. The number of aryl methyl sites for hydroxylation is 1. The van der Waals surface area contributed by atoms with Crippen LogP contribution in [0.15, 0.2) is 10.7 Å². The second-order valence-corrected chi connectivity index (χ2v) is 6.34. The van der Waals surface area contributed by atoms with Gasteiger partial charge in [-0.2, -0.15) is 0 Å². The van der Waals surface area contributed by atoms with Gasteiger partial charge in [0.05, 0.1) is 13.7 Å². The molecule has 0 radical (unpaired) electrons. The number of aromatic nitrogens is 1. The fourth-order valence-corrected chi connectivity index (χ4v) is 2.44. The van der Waals surface area contributed by atoms with E-state index < -0.39 is 0 Å². The summed E-state index contributed by atoms with van der Waals surface area (Å²) in [6.45, 7) is 5.51. The third kappa shape index (κ3) is 6.10. The fraction of sp³-hybridized carbons (Fsp3) is 0.688. The van der Waals surface area contributed by atoms with Gasteiger partial charge in [0, 0.05) is 26.2 Å². The van der Waals surface area contributed by atoms with E-state index in [1.807, 2.05) is 6.07 Å². The van der Waals surface area contributed by atoms with Crippen LogP contribution >= 0.6 is 15.9 Å². The van der Waals surface area contributed by atoms with Crippen molar-refractivity contribution < 1.29 is 14.2 Å². The minimum absolute atomic E-state index is 0.181. The van der Waals surface area contributed by atoms with Crippen molar-refractivity contribution >= 4 is 15.9 Å². The van der Waals surface area contributed by atoms with Gasteiger partial charge in [-0.15, -0.1) is 0 Å². The molecular weight excluding hydrogens is 348 g/mol. The first-order valence-electron chi connectivity index (χ1n) is 7.60. The minimum Gasteiger partial charge on any atom is -0.488 e. The molecule has 1 heterocycles. The lowest BCUT2D eigenvalue weighted by atomic mass is 9.98. The lowest BCUT2D eigenvalue weighted by Gasteiger charge is -2.17. The topological polar surface area (TPSA) is 66.6 Å². The predicted octanol–water partition coefficient (Wildman–Crippen LogP) is 3.18. The van der Waals surface area contributed by atoms with Crippen LogP contribution in [0.2, 0.25) is 0 Å². The van der Waals surface area contributed by atoms with Crippen LogP contribution in [0, 0.1) is 5.92 Å². The van der Waals surface area contributed by atoms with Crippen molar-refractivity contribution in [3.63, 3.8) is 0 Å². The molecule has 1 rings (SSSR count). The summed E-state index contributed by atoms with van der Waals surface area (Å²) in [5.74, 6) is 1.62. The van der Waals surface area contributed by atoms with Gasteiger partial charge in [-0.05, 0) is 46.3 Å². The summed E-state index contributed by atoms with van der Waals surface area (Å²) in [5.41, 5.74) is 7.20. The van der Waals surface area contributed by atoms with E-state index in [0.717, 1.165) is 29.4 Å². The molecule has 2 N–H and O–H groups in total. The van der Waals surface area contributed by atoms with Crippen molar-refractivity contribution in [1.29, 1.82) is 0 Å². The highest BCUT2D eigenvalue weighted by molar-refractivity contribution is 9.10. The third-order valence-corrected chi connectivity index (χ3v) is 4.21. The number of nitrogens with zero attached hydrogens (tertiary/aromatic N) is 1. The molecule has 0 amide bonds. The number of nitrogens with two attached hydrogens (primary N) is 1. The van der Waals surface area contributed by atoms with Crippen LogP contribution in [-0.2, 0) is 11.2 Å². The number of ether oxygens (including phenoxy) is 3. The number of hydrogen-bond acceptors (Lipinski definition) is 5. The first-order chi connectivity index (χ1) is 10.5. The van der Waals surface area contributed by atoms with Gasteiger partial charge in [0.15, 0.2) is 5.75 Å². The van der Waals surface area contributed by atoms with Crippen molar-refractivity contribution in [2.45, 2.75) is 39.2 Å². The smallest absolute Gasteiger partial charge is 0.257 e. The summed E-state index contributed by atoms with van der Waals surface area (Å²) >= 11 is 3.49. The standard InChI is InChI=1S/C16H27BrN2O3/c1-11(2)13(18)7-6-12-10-14(22-9-5-8-20-3)16(21-4)19-15(12)17/h10-11,13H,5-9,18H2,1-4H3/t13-/m0/s1. The van der Waals surface area contributed by atoms with Gasteiger partial charge in [0.25, 0.3) is 5.88 Å². The van der Waals surface area contributed by atoms with Crippen LogP contribution in [0.25, 0.3) is 0 Å². The first kappa shape index (κ1) is 19.2. The normalized spacial score (nSPS) is 12.5. The molecule has 0 fully saturated rings. The summed E-state index contributed by atoms with van der Waals surface area (Å²) in [4.78, 5) is 4.41. The molecule has 0 spiro atoms. The molecule has 0 aromatic carbocycles. The maximum Gasteiger partial charge on any atom is 0.257 e. The molecule has 0 unspecified atom stereocenters. The van der Waals surface area contributed by atoms with Gasteiger partial charge in [0.1, 0.15) is 4.60 Å². The predicted molar refractivity (Wildman–Crippen MR) is 91.6 cm³/mol. The van der Waals surface area contributed by atoms with Crippen molar-refractivity contribution in [3.05, 3.63) is 16.2 Å². The molecule has 0 saturated carbocycles. The zero-order valence-electron chi connectivity index (χ0n) is 13.9. The van der Waals surface area contributed by atoms with E-state index in [1.54, 1.807) is 14.2 Å². The minimum atomic E-state index is 0.181. The summed E-state index contributed by atoms with van der Waals surface area (Å²) < 4.78 is 16.8. The van der Waals surface area contributed by atoms with Crippen molar-refractivity contribution in [3.8, 4) is 11.6 Å². The van der Waals surface area contributed by atoms with E-state index in [-0.39, 0.29) is 6.04 Å². The Morgan fingerprint density at radius 1 is 1.27 bits per heavy atom. The zero-order valence-corrected chi connectivity index (χ0v) is 15.5. The first-order valence-corrected chi connectivity index (χ1v) is 8.39. The summed E-state index contributed by atoms with van der Waals surface area (Å²) in [6.07, 6.45) is 2.59. The molecule has 1 atom stereocenters. The molecule has 1 aromatic heterocycles. The molecule has 0 bridgehead atoms. The number of methoxy groups -OCH3 is 2. The van der Waals surface area contributed by atoms with Crippen LogP contribution in [0.1, 0.15) is 32.3 Å². The molecule has 0 aliphatic rings. The van der Waals surface area contributed by atoms with Crippen LogP contribution in [-0.4, -0.2) is 38.5 Å². The highest BCUT2D eigenvalue weighted by Crippen LogP contribution is 2.31. The van der Waals surface area contributed by atoms with E-state index in [4.69, 9.17) is 19.9 Å². The van der Waals surface area contributed by atoms with Gasteiger partial charge >= 0.3 is 0 Å². The number of hydrogen-bond donors (Lipinski definition) is 1. The number of pyridine rings is 1. The molecule has 6 heteroatoms. The van der Waals surface area contributed by atoms with Gasteiger partial charge in [-0.25, -0.2) is 4.98 Å². The second kappa shape index (κ2) is 10.0. The van der Waals surface area contributed by atoms with E-state index in [9.17, 15) is 0 Å². The Hall–Kier alpha value is -0.850. The van der Waals surface area contributed by atoms with Crippen LogP contribution in [0.4, 0.5) is 0 Å². The Bertz CT molecular complexity index is 455. The summed E-state index contributed by atoms with van der Waals surface area (Å²) in [7, 11) is 3.27. The van der Waals surface area contributed by atoms with Crippen molar-refractivity contribution in [2.24, 2.45) is 11.7 Å². The molecule has 5 nitrogen and oxygen atoms in total. The molecule has 1 aromatic rings. The highest BCUT2D eigenvalue weighted by atomic mass is 79.9.